The Kier molecular flexibility index (Phi) is 6.00. The summed E-state index contributed by atoms with van der Waals surface area (Å²) in [4.78, 5) is 25.4. The van der Waals surface area contributed by atoms with Gasteiger partial charge < -0.3 is 15.7 Å². The first kappa shape index (κ1) is 17.3. The van der Waals surface area contributed by atoms with Gasteiger partial charge in [-0.1, -0.05) is 12.1 Å². The Labute approximate surface area is 132 Å². The fraction of sp³-hybridized carbons (Fsp3) is 0.467. The van der Waals surface area contributed by atoms with Crippen LogP contribution in [0.1, 0.15) is 12.0 Å². The van der Waals surface area contributed by atoms with Crippen molar-refractivity contribution in [2.24, 2.45) is 0 Å². The van der Waals surface area contributed by atoms with E-state index in [2.05, 4.69) is 10.6 Å². The van der Waals surface area contributed by atoms with E-state index in [1.54, 1.807) is 4.90 Å². The average molecular weight is 327 g/mol. The van der Waals surface area contributed by atoms with Crippen molar-refractivity contribution < 1.29 is 23.5 Å². The molecule has 6 nitrogen and oxygen atoms in total. The molecule has 2 rings (SSSR count). The van der Waals surface area contributed by atoms with Gasteiger partial charge in [0.25, 0.3) is 0 Å². The Bertz CT molecular complexity index is 583. The molecule has 3 N–H and O–H groups in total. The second-order valence-electron chi connectivity index (χ2n) is 5.27. The number of aliphatic hydroxyl groups excluding tert-OH is 1. The molecule has 2 amide bonds. The zero-order valence-corrected chi connectivity index (χ0v) is 12.5. The molecule has 0 spiro atoms. The smallest absolute Gasteiger partial charge is 0.237 e. The van der Waals surface area contributed by atoms with Gasteiger partial charge in [-0.05, 0) is 6.07 Å². The highest BCUT2D eigenvalue weighted by Gasteiger charge is 2.32. The first-order valence-corrected chi connectivity index (χ1v) is 7.35. The molecule has 1 fully saturated rings. The summed E-state index contributed by atoms with van der Waals surface area (Å²) in [6.45, 7) is 0.756. The molecule has 1 aromatic rings. The normalized spacial score (nSPS) is 18.6. The SMILES string of the molecule is O=C(CC1C(=O)NCCN1Cc1cccc(F)c1F)NCCO. The molecule has 1 unspecified atom stereocenters. The monoisotopic (exact) mass is 327 g/mol. The van der Waals surface area contributed by atoms with Crippen molar-refractivity contribution in [2.45, 2.75) is 19.0 Å². The summed E-state index contributed by atoms with van der Waals surface area (Å²) in [5, 5.41) is 13.8. The molecule has 23 heavy (non-hydrogen) atoms. The summed E-state index contributed by atoms with van der Waals surface area (Å²) in [7, 11) is 0. The van der Waals surface area contributed by atoms with Crippen molar-refractivity contribution in [1.29, 1.82) is 0 Å². The number of hydrogen-bond acceptors (Lipinski definition) is 4. The molecule has 1 heterocycles. The quantitative estimate of drug-likeness (QED) is 0.674. The molecule has 0 radical (unpaired) electrons. The largest absolute Gasteiger partial charge is 0.395 e. The predicted octanol–water partition coefficient (Wildman–Crippen LogP) is -0.236. The van der Waals surface area contributed by atoms with Gasteiger partial charge in [-0.25, -0.2) is 8.78 Å². The molecule has 1 aliphatic heterocycles. The minimum absolute atomic E-state index is 0.0367. The van der Waals surface area contributed by atoms with Crippen molar-refractivity contribution in [3.63, 3.8) is 0 Å². The van der Waals surface area contributed by atoms with E-state index >= 15 is 0 Å². The summed E-state index contributed by atoms with van der Waals surface area (Å²) >= 11 is 0. The molecule has 0 saturated carbocycles. The minimum Gasteiger partial charge on any atom is -0.395 e. The van der Waals surface area contributed by atoms with Crippen LogP contribution in [-0.4, -0.2) is 54.1 Å². The molecule has 126 valence electrons. The van der Waals surface area contributed by atoms with Gasteiger partial charge in [0.2, 0.25) is 11.8 Å². The number of halogens is 2. The minimum atomic E-state index is -0.943. The second-order valence-corrected chi connectivity index (χ2v) is 5.27. The lowest BCUT2D eigenvalue weighted by molar-refractivity contribution is -0.134. The summed E-state index contributed by atoms with van der Waals surface area (Å²) in [5.74, 6) is -2.60. The number of amides is 2. The Morgan fingerprint density at radius 1 is 1.43 bits per heavy atom. The van der Waals surface area contributed by atoms with E-state index in [0.717, 1.165) is 6.07 Å². The van der Waals surface area contributed by atoms with Crippen LogP contribution in [0.3, 0.4) is 0 Å². The van der Waals surface area contributed by atoms with E-state index in [1.165, 1.54) is 12.1 Å². The average Bonchev–Trinajstić information content (AvgIpc) is 2.53. The third-order valence-electron chi connectivity index (χ3n) is 3.66. The van der Waals surface area contributed by atoms with Crippen molar-refractivity contribution in [3.8, 4) is 0 Å². The van der Waals surface area contributed by atoms with Gasteiger partial charge in [-0.3, -0.25) is 14.5 Å². The van der Waals surface area contributed by atoms with Gasteiger partial charge in [0, 0.05) is 31.7 Å². The molecule has 0 aliphatic carbocycles. The Balaban J connectivity index is 2.09. The highest BCUT2D eigenvalue weighted by molar-refractivity contribution is 5.88. The van der Waals surface area contributed by atoms with Crippen molar-refractivity contribution in [2.75, 3.05) is 26.2 Å². The van der Waals surface area contributed by atoms with Gasteiger partial charge in [-0.15, -0.1) is 0 Å². The highest BCUT2D eigenvalue weighted by atomic mass is 19.2. The molecular formula is C15H19F2N3O3. The number of nitrogens with zero attached hydrogens (tertiary/aromatic N) is 1. The van der Waals surface area contributed by atoms with Gasteiger partial charge in [0.05, 0.1) is 19.1 Å². The summed E-state index contributed by atoms with van der Waals surface area (Å²) in [6, 6.07) is 3.13. The van der Waals surface area contributed by atoms with Crippen molar-refractivity contribution in [3.05, 3.63) is 35.4 Å². The maximum Gasteiger partial charge on any atom is 0.237 e. The van der Waals surface area contributed by atoms with Crippen LogP contribution in [0.25, 0.3) is 0 Å². The van der Waals surface area contributed by atoms with Crippen LogP contribution in [0, 0.1) is 11.6 Å². The molecule has 1 saturated heterocycles. The lowest BCUT2D eigenvalue weighted by Crippen LogP contribution is -2.56. The van der Waals surface area contributed by atoms with Crippen LogP contribution in [0.5, 0.6) is 0 Å². The van der Waals surface area contributed by atoms with E-state index in [0.29, 0.717) is 13.1 Å². The van der Waals surface area contributed by atoms with E-state index in [4.69, 9.17) is 5.11 Å². The maximum atomic E-state index is 13.8. The Hall–Kier alpha value is -2.06. The first-order chi connectivity index (χ1) is 11.0. The molecule has 0 bridgehead atoms. The first-order valence-electron chi connectivity index (χ1n) is 7.35. The van der Waals surface area contributed by atoms with Gasteiger partial charge in [-0.2, -0.15) is 0 Å². The van der Waals surface area contributed by atoms with Crippen molar-refractivity contribution >= 4 is 11.8 Å². The number of nitrogens with one attached hydrogen (secondary N) is 2. The van der Waals surface area contributed by atoms with Crippen LogP contribution in [0.4, 0.5) is 8.78 Å². The lowest BCUT2D eigenvalue weighted by Gasteiger charge is -2.34. The zero-order chi connectivity index (χ0) is 16.8. The van der Waals surface area contributed by atoms with E-state index in [-0.39, 0.29) is 43.5 Å². The number of carbonyl (C=O) groups excluding carboxylic acids is 2. The summed E-state index contributed by atoms with van der Waals surface area (Å²) in [6.07, 6.45) is -0.108. The summed E-state index contributed by atoms with van der Waals surface area (Å²) in [5.41, 5.74) is 0.139. The van der Waals surface area contributed by atoms with Crippen LogP contribution >= 0.6 is 0 Å². The molecule has 1 aromatic carbocycles. The standard InChI is InChI=1S/C15H19F2N3O3/c16-11-3-1-2-10(14(11)17)9-20-6-4-19-15(23)12(20)8-13(22)18-5-7-21/h1-3,12,21H,4-9H2,(H,18,22)(H,19,23). The van der Waals surface area contributed by atoms with Gasteiger partial charge in [0.1, 0.15) is 0 Å². The Morgan fingerprint density at radius 3 is 2.96 bits per heavy atom. The molecule has 8 heteroatoms. The number of benzene rings is 1. The van der Waals surface area contributed by atoms with Crippen LogP contribution in [0.2, 0.25) is 0 Å². The van der Waals surface area contributed by atoms with Gasteiger partial charge >= 0.3 is 0 Å². The molecule has 0 aromatic heterocycles. The number of carbonyl (C=O) groups is 2. The van der Waals surface area contributed by atoms with Crippen molar-refractivity contribution in [1.82, 2.24) is 15.5 Å². The summed E-state index contributed by atoms with van der Waals surface area (Å²) < 4.78 is 27.1. The highest BCUT2D eigenvalue weighted by Crippen LogP contribution is 2.17. The number of piperazine rings is 1. The zero-order valence-electron chi connectivity index (χ0n) is 12.5. The van der Waals surface area contributed by atoms with E-state index in [9.17, 15) is 18.4 Å². The number of aliphatic hydroxyl groups is 1. The Morgan fingerprint density at radius 2 is 2.22 bits per heavy atom. The molecule has 1 atom stereocenters. The van der Waals surface area contributed by atoms with Crippen LogP contribution in [0.15, 0.2) is 18.2 Å². The third kappa shape index (κ3) is 4.46. The number of hydrogen-bond donors (Lipinski definition) is 3. The predicted molar refractivity (Wildman–Crippen MR) is 78.3 cm³/mol. The van der Waals surface area contributed by atoms with Gasteiger partial charge in [0.15, 0.2) is 11.6 Å². The van der Waals surface area contributed by atoms with E-state index in [1.807, 2.05) is 0 Å². The molecular weight excluding hydrogens is 308 g/mol. The maximum absolute atomic E-state index is 13.8. The lowest BCUT2D eigenvalue weighted by atomic mass is 10.1. The fourth-order valence-corrected chi connectivity index (χ4v) is 2.51. The number of rotatable bonds is 6. The second kappa shape index (κ2) is 7.98. The topological polar surface area (TPSA) is 81.7 Å². The third-order valence-corrected chi connectivity index (χ3v) is 3.66. The van der Waals surface area contributed by atoms with Crippen LogP contribution < -0.4 is 10.6 Å². The van der Waals surface area contributed by atoms with Crippen LogP contribution in [-0.2, 0) is 16.1 Å². The molecule has 1 aliphatic rings. The van der Waals surface area contributed by atoms with E-state index < -0.39 is 17.7 Å². The fourth-order valence-electron chi connectivity index (χ4n) is 2.51.